The number of rotatable bonds is 4. The fourth-order valence-corrected chi connectivity index (χ4v) is 2.05. The minimum absolute atomic E-state index is 0.0810. The molecule has 0 radical (unpaired) electrons. The summed E-state index contributed by atoms with van der Waals surface area (Å²) in [6.07, 6.45) is 2.19. The molecule has 0 spiro atoms. The van der Waals surface area contributed by atoms with E-state index in [9.17, 15) is 0 Å². The number of hydrogen-bond donors (Lipinski definition) is 2. The molecule has 2 N–H and O–H groups in total. The average molecular weight is 253 g/mol. The normalized spacial score (nSPS) is 19.8. The summed E-state index contributed by atoms with van der Waals surface area (Å²) in [5.41, 5.74) is 0. The monoisotopic (exact) mass is 253 g/mol. The zero-order chi connectivity index (χ0) is 12.3. The lowest BCUT2D eigenvalue weighted by Gasteiger charge is -2.13. The van der Waals surface area contributed by atoms with Gasteiger partial charge in [-0.15, -0.1) is 0 Å². The van der Waals surface area contributed by atoms with Crippen molar-refractivity contribution >= 4 is 18.0 Å². The molecule has 94 valence electrons. The minimum Gasteiger partial charge on any atom is -0.371 e. The number of aromatic nitrogens is 2. The van der Waals surface area contributed by atoms with Gasteiger partial charge in [-0.1, -0.05) is 26.1 Å². The molecule has 1 fully saturated rings. The van der Waals surface area contributed by atoms with Crippen molar-refractivity contribution in [2.24, 2.45) is 5.92 Å². The highest BCUT2D eigenvalue weighted by molar-refractivity contribution is 7.71. The summed E-state index contributed by atoms with van der Waals surface area (Å²) in [5, 5.41) is 3.33. The number of nitrogens with one attached hydrogen (secondary N) is 2. The second kappa shape index (κ2) is 5.60. The Labute approximate surface area is 107 Å². The molecule has 2 heterocycles. The Bertz CT molecular complexity index is 424. The first kappa shape index (κ1) is 12.5. The lowest BCUT2D eigenvalue weighted by Crippen LogP contribution is -2.11. The Kier molecular flexibility index (Phi) is 4.12. The van der Waals surface area contributed by atoms with E-state index < -0.39 is 0 Å². The Morgan fingerprint density at radius 3 is 3.12 bits per heavy atom. The molecule has 1 saturated heterocycles. The topological polar surface area (TPSA) is 49.9 Å². The van der Waals surface area contributed by atoms with Crippen LogP contribution in [0.25, 0.3) is 0 Å². The van der Waals surface area contributed by atoms with Gasteiger partial charge in [-0.25, -0.2) is 4.98 Å². The number of H-pyrrole nitrogens is 1. The van der Waals surface area contributed by atoms with Crippen molar-refractivity contribution in [3.63, 3.8) is 0 Å². The van der Waals surface area contributed by atoms with Gasteiger partial charge in [0.25, 0.3) is 0 Å². The molecule has 0 aromatic carbocycles. The summed E-state index contributed by atoms with van der Waals surface area (Å²) < 4.78 is 6.22. The second-order valence-corrected chi connectivity index (χ2v) is 5.21. The molecule has 5 heteroatoms. The Balaban J connectivity index is 2.14. The molecule has 2 rings (SSSR count). The number of nitrogens with zero attached hydrogens (tertiary/aromatic N) is 1. The molecule has 1 atom stereocenters. The van der Waals surface area contributed by atoms with Crippen molar-refractivity contribution in [2.45, 2.75) is 32.8 Å². The quantitative estimate of drug-likeness (QED) is 0.810. The number of aromatic amines is 1. The summed E-state index contributed by atoms with van der Waals surface area (Å²) in [7, 11) is 0. The van der Waals surface area contributed by atoms with Crippen LogP contribution in [-0.4, -0.2) is 23.1 Å². The fourth-order valence-electron chi connectivity index (χ4n) is 1.83. The van der Waals surface area contributed by atoms with E-state index in [-0.39, 0.29) is 6.10 Å². The molecule has 1 aromatic rings. The van der Waals surface area contributed by atoms with Crippen LogP contribution in [0, 0.1) is 10.6 Å². The summed E-state index contributed by atoms with van der Waals surface area (Å²) >= 11 is 5.18. The van der Waals surface area contributed by atoms with Gasteiger partial charge < -0.3 is 15.0 Å². The minimum atomic E-state index is 0.0810. The predicted octanol–water partition coefficient (Wildman–Crippen LogP) is 3.06. The van der Waals surface area contributed by atoms with E-state index >= 15 is 0 Å². The third-order valence-corrected chi connectivity index (χ3v) is 2.91. The first-order valence-corrected chi connectivity index (χ1v) is 6.52. The summed E-state index contributed by atoms with van der Waals surface area (Å²) in [5.74, 6) is 2.38. The van der Waals surface area contributed by atoms with Crippen LogP contribution >= 0.6 is 12.2 Å². The first-order valence-electron chi connectivity index (χ1n) is 6.12. The van der Waals surface area contributed by atoms with Gasteiger partial charge in [0.2, 0.25) is 0 Å². The number of hydrogen-bond acceptors (Lipinski definition) is 4. The van der Waals surface area contributed by atoms with Crippen LogP contribution < -0.4 is 5.32 Å². The van der Waals surface area contributed by atoms with Crippen molar-refractivity contribution in [1.29, 1.82) is 0 Å². The van der Waals surface area contributed by atoms with E-state index in [4.69, 9.17) is 17.0 Å². The third kappa shape index (κ3) is 3.51. The summed E-state index contributed by atoms with van der Waals surface area (Å²) in [6.45, 7) is 6.07. The molecule has 0 bridgehead atoms. The van der Waals surface area contributed by atoms with Gasteiger partial charge in [-0.05, 0) is 18.8 Å². The van der Waals surface area contributed by atoms with Gasteiger partial charge in [0, 0.05) is 19.2 Å². The fraction of sp³-hybridized carbons (Fsp3) is 0.667. The highest BCUT2D eigenvalue weighted by Gasteiger charge is 2.20. The largest absolute Gasteiger partial charge is 0.371 e. The van der Waals surface area contributed by atoms with Gasteiger partial charge in [0.1, 0.15) is 22.4 Å². The smallest absolute Gasteiger partial charge is 0.138 e. The van der Waals surface area contributed by atoms with Crippen molar-refractivity contribution < 1.29 is 4.74 Å². The van der Waals surface area contributed by atoms with Crippen molar-refractivity contribution in [2.75, 3.05) is 18.5 Å². The van der Waals surface area contributed by atoms with E-state index in [2.05, 4.69) is 29.1 Å². The highest BCUT2D eigenvalue weighted by atomic mass is 32.1. The van der Waals surface area contributed by atoms with Gasteiger partial charge in [0.15, 0.2) is 0 Å². The number of ether oxygens (including phenoxy) is 1. The van der Waals surface area contributed by atoms with Gasteiger partial charge in [-0.3, -0.25) is 0 Å². The van der Waals surface area contributed by atoms with Crippen molar-refractivity contribution in [3.05, 3.63) is 16.5 Å². The molecule has 1 aliphatic heterocycles. The molecule has 1 aliphatic rings. The Hall–Kier alpha value is -0.940. The molecule has 0 saturated carbocycles. The molecule has 1 unspecified atom stereocenters. The Morgan fingerprint density at radius 1 is 1.65 bits per heavy atom. The van der Waals surface area contributed by atoms with E-state index in [0.717, 1.165) is 37.6 Å². The van der Waals surface area contributed by atoms with Crippen molar-refractivity contribution in [1.82, 2.24) is 9.97 Å². The van der Waals surface area contributed by atoms with Gasteiger partial charge >= 0.3 is 0 Å². The maximum atomic E-state index is 5.61. The summed E-state index contributed by atoms with van der Waals surface area (Å²) in [6, 6.07) is 1.86. The van der Waals surface area contributed by atoms with Gasteiger partial charge in [-0.2, -0.15) is 0 Å². The Morgan fingerprint density at radius 2 is 2.47 bits per heavy atom. The summed E-state index contributed by atoms with van der Waals surface area (Å²) in [4.78, 5) is 7.61. The molecule has 0 amide bonds. The molecule has 4 nitrogen and oxygen atoms in total. The SMILES string of the molecule is CC(C)CNc1cc(=S)nc(C2CCCO2)[nH]1. The van der Waals surface area contributed by atoms with Crippen LogP contribution in [0.5, 0.6) is 0 Å². The molecule has 1 aromatic heterocycles. The van der Waals surface area contributed by atoms with Crippen LogP contribution in [0.1, 0.15) is 38.6 Å². The van der Waals surface area contributed by atoms with E-state index in [1.807, 2.05) is 6.07 Å². The third-order valence-electron chi connectivity index (χ3n) is 2.70. The van der Waals surface area contributed by atoms with Crippen molar-refractivity contribution in [3.8, 4) is 0 Å². The van der Waals surface area contributed by atoms with Crippen LogP contribution in [0.3, 0.4) is 0 Å². The standard InChI is InChI=1S/C12H19N3OS/c1-8(2)7-13-10-6-11(17)15-12(14-10)9-4-3-5-16-9/h6,8-9H,3-5,7H2,1-2H3,(H2,13,14,15,17). The average Bonchev–Trinajstić information content (AvgIpc) is 2.79. The van der Waals surface area contributed by atoms with Crippen LogP contribution in [-0.2, 0) is 4.74 Å². The maximum absolute atomic E-state index is 5.61. The second-order valence-electron chi connectivity index (χ2n) is 4.79. The van der Waals surface area contributed by atoms with E-state index in [1.165, 1.54) is 0 Å². The first-order chi connectivity index (χ1) is 8.15. The molecule has 17 heavy (non-hydrogen) atoms. The highest BCUT2D eigenvalue weighted by Crippen LogP contribution is 2.26. The van der Waals surface area contributed by atoms with Crippen LogP contribution in [0.2, 0.25) is 0 Å². The van der Waals surface area contributed by atoms with Crippen LogP contribution in [0.15, 0.2) is 6.07 Å². The van der Waals surface area contributed by atoms with E-state index in [1.54, 1.807) is 0 Å². The lowest BCUT2D eigenvalue weighted by molar-refractivity contribution is 0.105. The van der Waals surface area contributed by atoms with Crippen LogP contribution in [0.4, 0.5) is 5.82 Å². The molecular weight excluding hydrogens is 234 g/mol. The van der Waals surface area contributed by atoms with Gasteiger partial charge in [0.05, 0.1) is 0 Å². The molecule has 0 aliphatic carbocycles. The zero-order valence-electron chi connectivity index (χ0n) is 10.3. The maximum Gasteiger partial charge on any atom is 0.138 e. The molecular formula is C12H19N3OS. The zero-order valence-corrected chi connectivity index (χ0v) is 11.1. The van der Waals surface area contributed by atoms with E-state index in [0.29, 0.717) is 10.6 Å². The lowest BCUT2D eigenvalue weighted by atomic mass is 10.2. The number of anilines is 1. The predicted molar refractivity (Wildman–Crippen MR) is 70.7 cm³/mol.